The molecule has 4 nitrogen and oxygen atoms in total. The monoisotopic (exact) mass is 346 g/mol. The van der Waals surface area contributed by atoms with Crippen molar-refractivity contribution in [1.29, 1.82) is 0 Å². The Bertz CT molecular complexity index is 579. The number of rotatable bonds is 7. The molecule has 1 aliphatic carbocycles. The van der Waals surface area contributed by atoms with E-state index in [1.54, 1.807) is 12.1 Å². The maximum atomic E-state index is 11.3. The minimum atomic E-state index is -0.896. The average Bonchev–Trinajstić information content (AvgIpc) is 2.79. The summed E-state index contributed by atoms with van der Waals surface area (Å²) in [5.74, 6) is 1.64. The molecule has 2 fully saturated rings. The van der Waals surface area contributed by atoms with E-state index in [0.29, 0.717) is 24.0 Å². The fourth-order valence-electron chi connectivity index (χ4n) is 4.10. The van der Waals surface area contributed by atoms with Crippen molar-refractivity contribution in [3.05, 3.63) is 29.3 Å². The van der Waals surface area contributed by atoms with Crippen molar-refractivity contribution < 1.29 is 19.4 Å². The van der Waals surface area contributed by atoms with Gasteiger partial charge in [0.05, 0.1) is 25.4 Å². The molecule has 1 aromatic rings. The van der Waals surface area contributed by atoms with Crippen molar-refractivity contribution in [2.45, 2.75) is 57.8 Å². The van der Waals surface area contributed by atoms with E-state index in [0.717, 1.165) is 24.9 Å². The van der Waals surface area contributed by atoms with Crippen molar-refractivity contribution >= 4 is 5.97 Å². The third-order valence-electron chi connectivity index (χ3n) is 5.67. The summed E-state index contributed by atoms with van der Waals surface area (Å²) in [6.45, 7) is 4.37. The van der Waals surface area contributed by atoms with E-state index in [2.05, 4.69) is 6.92 Å². The highest BCUT2D eigenvalue weighted by Gasteiger charge is 2.24. The number of ether oxygens (including phenoxy) is 2. The van der Waals surface area contributed by atoms with E-state index in [9.17, 15) is 9.90 Å². The van der Waals surface area contributed by atoms with Crippen molar-refractivity contribution in [2.24, 2.45) is 11.8 Å². The number of hydrogen-bond donors (Lipinski definition) is 1. The predicted molar refractivity (Wildman–Crippen MR) is 97.4 cm³/mol. The maximum Gasteiger partial charge on any atom is 0.335 e. The van der Waals surface area contributed by atoms with Gasteiger partial charge in [-0.3, -0.25) is 0 Å². The first-order valence-electron chi connectivity index (χ1n) is 9.75. The van der Waals surface area contributed by atoms with Gasteiger partial charge in [-0.25, -0.2) is 4.79 Å². The Balaban J connectivity index is 1.74. The molecule has 1 aliphatic heterocycles. The van der Waals surface area contributed by atoms with E-state index in [4.69, 9.17) is 9.47 Å². The van der Waals surface area contributed by atoms with Gasteiger partial charge in [0, 0.05) is 5.92 Å². The Morgan fingerprint density at radius 3 is 2.72 bits per heavy atom. The van der Waals surface area contributed by atoms with E-state index in [1.807, 2.05) is 6.07 Å². The van der Waals surface area contributed by atoms with Crippen LogP contribution < -0.4 is 4.74 Å². The van der Waals surface area contributed by atoms with Gasteiger partial charge in [0.15, 0.2) is 0 Å². The molecule has 0 radical (unpaired) electrons. The van der Waals surface area contributed by atoms with Crippen molar-refractivity contribution in [1.82, 2.24) is 0 Å². The molecule has 4 heteroatoms. The second-order valence-corrected chi connectivity index (χ2v) is 7.63. The van der Waals surface area contributed by atoms with Gasteiger partial charge in [-0.2, -0.15) is 0 Å². The first-order valence-corrected chi connectivity index (χ1v) is 9.75. The smallest absolute Gasteiger partial charge is 0.335 e. The van der Waals surface area contributed by atoms with Crippen molar-refractivity contribution in [3.63, 3.8) is 0 Å². The normalized spacial score (nSPS) is 24.4. The largest absolute Gasteiger partial charge is 0.493 e. The Hall–Kier alpha value is -1.55. The number of carboxylic acids is 1. The third kappa shape index (κ3) is 4.75. The molecule has 0 spiro atoms. The van der Waals surface area contributed by atoms with Gasteiger partial charge in [0.1, 0.15) is 5.75 Å². The topological polar surface area (TPSA) is 55.8 Å². The molecule has 1 saturated heterocycles. The van der Waals surface area contributed by atoms with Crippen LogP contribution in [0.3, 0.4) is 0 Å². The predicted octanol–water partition coefficient (Wildman–Crippen LogP) is 4.87. The summed E-state index contributed by atoms with van der Waals surface area (Å²) in [6.07, 6.45) is 8.81. The van der Waals surface area contributed by atoms with Crippen LogP contribution in [-0.4, -0.2) is 30.9 Å². The summed E-state index contributed by atoms with van der Waals surface area (Å²) in [7, 11) is 0. The first-order chi connectivity index (χ1) is 12.2. The molecule has 25 heavy (non-hydrogen) atoms. The highest BCUT2D eigenvalue weighted by atomic mass is 16.5. The molecule has 1 heterocycles. The van der Waals surface area contributed by atoms with Crippen LogP contribution in [0.2, 0.25) is 0 Å². The Labute approximate surface area is 150 Å². The fraction of sp³-hybridized carbons (Fsp3) is 0.667. The Kier molecular flexibility index (Phi) is 6.35. The van der Waals surface area contributed by atoms with Gasteiger partial charge < -0.3 is 14.6 Å². The minimum Gasteiger partial charge on any atom is -0.493 e. The van der Waals surface area contributed by atoms with Gasteiger partial charge in [-0.05, 0) is 48.8 Å². The van der Waals surface area contributed by atoms with E-state index in [1.165, 1.54) is 50.5 Å². The molecule has 3 rings (SSSR count). The second kappa shape index (κ2) is 8.70. The Morgan fingerprint density at radius 2 is 2.04 bits per heavy atom. The third-order valence-corrected chi connectivity index (χ3v) is 5.67. The summed E-state index contributed by atoms with van der Waals surface area (Å²) in [5.41, 5.74) is 1.50. The zero-order chi connectivity index (χ0) is 17.6. The second-order valence-electron chi connectivity index (χ2n) is 7.63. The van der Waals surface area contributed by atoms with Crippen LogP contribution in [0.1, 0.15) is 73.7 Å². The number of carbonyl (C=O) groups is 1. The van der Waals surface area contributed by atoms with Crippen molar-refractivity contribution in [2.75, 3.05) is 19.8 Å². The van der Waals surface area contributed by atoms with E-state index < -0.39 is 5.97 Å². The number of carboxylic acid groups (broad SMARTS) is 1. The van der Waals surface area contributed by atoms with Crippen LogP contribution in [-0.2, 0) is 4.74 Å². The first kappa shape index (κ1) is 18.2. The lowest BCUT2D eigenvalue weighted by Crippen LogP contribution is -2.32. The van der Waals surface area contributed by atoms with Gasteiger partial charge in [0.25, 0.3) is 0 Å². The number of benzene rings is 1. The standard InChI is InChI=1S/C21H30O4/c1-2-4-15-5-3-6-17(8-7-15)19-10-9-18(21(22)23)11-20(19)25-14-16-12-24-13-16/h9-11,15-17H,2-8,12-14H2,1H3,(H,22,23). The molecular formula is C21H30O4. The summed E-state index contributed by atoms with van der Waals surface area (Å²) in [5, 5.41) is 9.31. The highest BCUT2D eigenvalue weighted by molar-refractivity contribution is 5.88. The number of hydrogen-bond acceptors (Lipinski definition) is 3. The van der Waals surface area contributed by atoms with Gasteiger partial charge in [0.2, 0.25) is 0 Å². The molecule has 2 aliphatic rings. The average molecular weight is 346 g/mol. The highest BCUT2D eigenvalue weighted by Crippen LogP contribution is 2.39. The lowest BCUT2D eigenvalue weighted by molar-refractivity contribution is -0.0510. The summed E-state index contributed by atoms with van der Waals surface area (Å²) >= 11 is 0. The molecule has 1 saturated carbocycles. The molecule has 2 unspecified atom stereocenters. The molecule has 0 aromatic heterocycles. The van der Waals surface area contributed by atoms with Crippen LogP contribution in [0.25, 0.3) is 0 Å². The number of aromatic carboxylic acids is 1. The van der Waals surface area contributed by atoms with E-state index >= 15 is 0 Å². The zero-order valence-electron chi connectivity index (χ0n) is 15.2. The Morgan fingerprint density at radius 1 is 1.20 bits per heavy atom. The van der Waals surface area contributed by atoms with Crippen LogP contribution in [0, 0.1) is 11.8 Å². The molecule has 1 N–H and O–H groups in total. The molecular weight excluding hydrogens is 316 g/mol. The quantitative estimate of drug-likeness (QED) is 0.715. The van der Waals surface area contributed by atoms with Gasteiger partial charge in [-0.1, -0.05) is 38.7 Å². The molecule has 138 valence electrons. The van der Waals surface area contributed by atoms with E-state index in [-0.39, 0.29) is 0 Å². The molecule has 0 amide bonds. The van der Waals surface area contributed by atoms with Crippen molar-refractivity contribution in [3.8, 4) is 5.75 Å². The van der Waals surface area contributed by atoms with Crippen LogP contribution in [0.15, 0.2) is 18.2 Å². The van der Waals surface area contributed by atoms with Gasteiger partial charge >= 0.3 is 5.97 Å². The minimum absolute atomic E-state index is 0.307. The van der Waals surface area contributed by atoms with Gasteiger partial charge in [-0.15, -0.1) is 0 Å². The maximum absolute atomic E-state index is 11.3. The van der Waals surface area contributed by atoms with Crippen LogP contribution >= 0.6 is 0 Å². The molecule has 1 aromatic carbocycles. The SMILES string of the molecule is CCCC1CCCC(c2ccc(C(=O)O)cc2OCC2COC2)CC1. The fourth-order valence-corrected chi connectivity index (χ4v) is 4.10. The zero-order valence-corrected chi connectivity index (χ0v) is 15.2. The summed E-state index contributed by atoms with van der Waals surface area (Å²) in [4.78, 5) is 11.3. The lowest BCUT2D eigenvalue weighted by Gasteiger charge is -2.27. The molecule has 2 atom stereocenters. The molecule has 0 bridgehead atoms. The summed E-state index contributed by atoms with van der Waals surface area (Å²) in [6, 6.07) is 5.43. The van der Waals surface area contributed by atoms with Crippen LogP contribution in [0.5, 0.6) is 5.75 Å². The van der Waals surface area contributed by atoms with Crippen LogP contribution in [0.4, 0.5) is 0 Å². The lowest BCUT2D eigenvalue weighted by atomic mass is 9.89. The summed E-state index contributed by atoms with van der Waals surface area (Å²) < 4.78 is 11.3.